The van der Waals surface area contributed by atoms with Gasteiger partial charge in [-0.2, -0.15) is 4.31 Å². The number of aromatic nitrogens is 4. The van der Waals surface area contributed by atoms with E-state index in [2.05, 4.69) is 14.3 Å². The zero-order chi connectivity index (χ0) is 21.7. The monoisotopic (exact) mass is 473 g/mol. The van der Waals surface area contributed by atoms with Crippen molar-refractivity contribution in [1.82, 2.24) is 14.5 Å². The highest BCUT2D eigenvalue weighted by Crippen LogP contribution is 2.65. The Balaban J connectivity index is 1.84. The van der Waals surface area contributed by atoms with E-state index in [1.807, 2.05) is 0 Å². The zero-order valence-electron chi connectivity index (χ0n) is 15.0. The molecule has 3 rings (SSSR count). The maximum absolute atomic E-state index is 12.2. The van der Waals surface area contributed by atoms with Gasteiger partial charge in [0.25, 0.3) is 5.56 Å². The van der Waals surface area contributed by atoms with E-state index in [4.69, 9.17) is 14.5 Å². The molecule has 0 amide bonds. The minimum atomic E-state index is -5.20. The lowest BCUT2D eigenvalue weighted by Gasteiger charge is -2.16. The minimum absolute atomic E-state index is 0.135. The van der Waals surface area contributed by atoms with E-state index in [1.54, 1.807) is 14.0 Å². The van der Waals surface area contributed by atoms with Crippen molar-refractivity contribution in [3.05, 3.63) is 22.5 Å². The third-order valence-corrected chi connectivity index (χ3v) is 8.62. The maximum Gasteiger partial charge on any atom is 0.477 e. The molecule has 2 aromatic heterocycles. The third kappa shape index (κ3) is 4.80. The van der Waals surface area contributed by atoms with Gasteiger partial charge < -0.3 is 29.6 Å². The summed E-state index contributed by atoms with van der Waals surface area (Å²) in [5.74, 6) is -0.0978. The first-order valence-corrected chi connectivity index (χ1v) is 12.7. The van der Waals surface area contributed by atoms with Gasteiger partial charge in [-0.25, -0.2) is 13.7 Å². The number of ether oxygens (including phenoxy) is 1. The van der Waals surface area contributed by atoms with Crippen LogP contribution in [0.3, 0.4) is 0 Å². The predicted octanol–water partition coefficient (Wildman–Crippen LogP) is -1.58. The molecule has 0 aliphatic carbocycles. The first-order valence-electron chi connectivity index (χ1n) is 8.02. The lowest BCUT2D eigenvalue weighted by atomic mass is 10.1. The second-order valence-electron chi connectivity index (χ2n) is 6.34. The number of hydrogen-bond donors (Lipinski definition) is 6. The molecule has 0 spiro atoms. The normalized spacial score (nSPS) is 27.4. The molecule has 162 valence electrons. The van der Waals surface area contributed by atoms with Crippen molar-refractivity contribution in [2.45, 2.75) is 31.5 Å². The number of imidazole rings is 1. The molecule has 5 atom stereocenters. The number of rotatable bonds is 6. The number of nitrogens with one attached hydrogen (secondary N) is 1. The molecule has 1 saturated heterocycles. The highest BCUT2D eigenvalue weighted by molar-refractivity contribution is 8.55. The standard InChI is InChI=1S/C12H18N4O10P2S/c1-5-13-10-7(11(19)14-5)15(2)4-16(10)12-9(18)8(17)6(25-12)3-29-28(23,24)26-27(20,21)22/h4,6,8-9,12,17-18H,3H2,1-2H3,(H3-,13,14,19,20,21,22,23,24)/p+1/t6-,8?,9+,12-/m1/s1. The van der Waals surface area contributed by atoms with Crippen LogP contribution in [-0.4, -0.2) is 63.5 Å². The molecule has 17 heteroatoms. The summed E-state index contributed by atoms with van der Waals surface area (Å²) in [4.78, 5) is 45.8. The van der Waals surface area contributed by atoms with Crippen molar-refractivity contribution in [2.24, 2.45) is 7.05 Å². The largest absolute Gasteiger partial charge is 0.477 e. The highest BCUT2D eigenvalue weighted by Gasteiger charge is 2.48. The van der Waals surface area contributed by atoms with Gasteiger partial charge in [-0.15, -0.1) is 0 Å². The summed E-state index contributed by atoms with van der Waals surface area (Å²) < 4.78 is 34.7. The van der Waals surface area contributed by atoms with Crippen molar-refractivity contribution in [1.29, 1.82) is 0 Å². The van der Waals surface area contributed by atoms with E-state index in [1.165, 1.54) is 15.5 Å². The molecule has 0 bridgehead atoms. The van der Waals surface area contributed by atoms with Crippen LogP contribution in [0.2, 0.25) is 0 Å². The van der Waals surface area contributed by atoms with E-state index in [9.17, 15) is 29.0 Å². The zero-order valence-corrected chi connectivity index (χ0v) is 17.6. The van der Waals surface area contributed by atoms with Crippen LogP contribution in [0.15, 0.2) is 11.1 Å². The summed E-state index contributed by atoms with van der Waals surface area (Å²) >= 11 is 0.135. The van der Waals surface area contributed by atoms with Gasteiger partial charge in [-0.1, -0.05) is 4.98 Å². The lowest BCUT2D eigenvalue weighted by molar-refractivity contribution is -0.745. The Kier molecular flexibility index (Phi) is 6.11. The Labute approximate surface area is 166 Å². The SMILES string of the molecule is Cc1nc2c(c(=O)[nH]1)n(C)c[n+]2[C@@H]1O[C@H](CSP(=O)(O)OP(=O)(O)O)C(O)[C@@H]1O. The molecule has 1 aliphatic heterocycles. The van der Waals surface area contributed by atoms with E-state index >= 15 is 0 Å². The summed E-state index contributed by atoms with van der Waals surface area (Å²) in [6, 6.07) is 0. The van der Waals surface area contributed by atoms with Crippen LogP contribution in [0.4, 0.5) is 0 Å². The molecule has 3 heterocycles. The number of aliphatic hydroxyl groups is 2. The summed E-state index contributed by atoms with van der Waals surface area (Å²) in [5.41, 5.74) is -0.0192. The number of fused-ring (bicyclic) bond motifs is 1. The Morgan fingerprint density at radius 3 is 2.62 bits per heavy atom. The number of aromatic amines is 1. The fourth-order valence-corrected chi connectivity index (χ4v) is 7.06. The molecule has 14 nitrogen and oxygen atoms in total. The molecule has 2 unspecified atom stereocenters. The number of H-pyrrole nitrogens is 1. The van der Waals surface area contributed by atoms with Gasteiger partial charge in [0.2, 0.25) is 11.7 Å². The smallest absolute Gasteiger partial charge is 0.387 e. The van der Waals surface area contributed by atoms with Crippen molar-refractivity contribution in [3.8, 4) is 0 Å². The van der Waals surface area contributed by atoms with Crippen LogP contribution in [0.25, 0.3) is 11.2 Å². The second kappa shape index (κ2) is 7.85. The quantitative estimate of drug-likeness (QED) is 0.207. The molecule has 0 aromatic carbocycles. The molecule has 0 saturated carbocycles. The third-order valence-electron chi connectivity index (χ3n) is 4.11. The van der Waals surface area contributed by atoms with Gasteiger partial charge >= 0.3 is 20.3 Å². The molecule has 2 aromatic rings. The Hall–Kier alpha value is -1.12. The van der Waals surface area contributed by atoms with Gasteiger partial charge in [0.15, 0.2) is 12.2 Å². The van der Waals surface area contributed by atoms with Gasteiger partial charge in [0.05, 0.1) is 13.2 Å². The topological polar surface area (TPSA) is 208 Å². The van der Waals surface area contributed by atoms with Crippen LogP contribution in [0, 0.1) is 6.92 Å². The fraction of sp³-hybridized carbons (Fsp3) is 0.583. The highest BCUT2D eigenvalue weighted by atomic mass is 32.7. The van der Waals surface area contributed by atoms with Crippen molar-refractivity contribution in [2.75, 3.05) is 5.75 Å². The molecule has 0 radical (unpaired) electrons. The van der Waals surface area contributed by atoms with E-state index < -0.39 is 50.5 Å². The summed E-state index contributed by atoms with van der Waals surface area (Å²) in [5, 5.41) is 20.6. The Morgan fingerprint density at radius 2 is 2.00 bits per heavy atom. The van der Waals surface area contributed by atoms with E-state index in [0.717, 1.165) is 0 Å². The average Bonchev–Trinajstić information content (AvgIpc) is 3.01. The first-order chi connectivity index (χ1) is 13.3. The van der Waals surface area contributed by atoms with Crippen LogP contribution < -0.4 is 10.1 Å². The van der Waals surface area contributed by atoms with Crippen LogP contribution in [0.5, 0.6) is 0 Å². The van der Waals surface area contributed by atoms with Crippen LogP contribution >= 0.6 is 26.0 Å². The van der Waals surface area contributed by atoms with Crippen molar-refractivity contribution in [3.63, 3.8) is 0 Å². The van der Waals surface area contributed by atoms with Gasteiger partial charge in [0.1, 0.15) is 12.2 Å². The lowest BCUT2D eigenvalue weighted by Crippen LogP contribution is -2.46. The van der Waals surface area contributed by atoms with Gasteiger partial charge in [-0.3, -0.25) is 14.3 Å². The number of phosphoric acid groups is 1. The molecule has 1 fully saturated rings. The van der Waals surface area contributed by atoms with Gasteiger partial charge in [0, 0.05) is 12.7 Å². The van der Waals surface area contributed by atoms with Crippen LogP contribution in [-0.2, 0) is 25.2 Å². The first kappa shape index (κ1) is 22.6. The molecule has 29 heavy (non-hydrogen) atoms. The minimum Gasteiger partial charge on any atom is -0.387 e. The predicted molar refractivity (Wildman–Crippen MR) is 97.6 cm³/mol. The number of aryl methyl sites for hydroxylation is 2. The number of nitrogens with zero attached hydrogens (tertiary/aromatic N) is 3. The fourth-order valence-electron chi connectivity index (χ4n) is 2.97. The number of aliphatic hydroxyl groups excluding tert-OH is 2. The second-order valence-corrected chi connectivity index (χ2v) is 11.7. The summed E-state index contributed by atoms with van der Waals surface area (Å²) in [7, 11) is -3.62. The molecular formula is C12H19N4O10P2S+. The van der Waals surface area contributed by atoms with Crippen molar-refractivity contribution < 1.29 is 47.6 Å². The molecule has 6 N–H and O–H groups in total. The molecule has 1 aliphatic rings. The van der Waals surface area contributed by atoms with Gasteiger partial charge in [-0.05, 0) is 11.4 Å². The van der Waals surface area contributed by atoms with E-state index in [-0.39, 0.29) is 22.5 Å². The maximum atomic E-state index is 12.2. The average molecular weight is 473 g/mol. The van der Waals surface area contributed by atoms with Crippen LogP contribution in [0.1, 0.15) is 12.1 Å². The van der Waals surface area contributed by atoms with E-state index in [0.29, 0.717) is 5.82 Å². The summed E-state index contributed by atoms with van der Waals surface area (Å²) in [6.45, 7) is -3.17. The van der Waals surface area contributed by atoms with Crippen molar-refractivity contribution >= 4 is 37.2 Å². The summed E-state index contributed by atoms with van der Waals surface area (Å²) in [6.07, 6.45) is -3.87. The molecular weight excluding hydrogens is 454 g/mol. The Morgan fingerprint density at radius 1 is 1.34 bits per heavy atom. The Bertz CT molecular complexity index is 1080. The number of hydrogen-bond acceptors (Lipinski definition) is 9.